The fourth-order valence-electron chi connectivity index (χ4n) is 1.40. The van der Waals surface area contributed by atoms with E-state index in [0.29, 0.717) is 12.1 Å². The van der Waals surface area contributed by atoms with Crippen LogP contribution >= 0.6 is 0 Å². The summed E-state index contributed by atoms with van der Waals surface area (Å²) in [5, 5.41) is 3.22. The highest BCUT2D eigenvalue weighted by Gasteiger charge is 2.23. The molecular weight excluding hydrogens is 174 g/mol. The normalized spacial score (nSPS) is 17.9. The highest BCUT2D eigenvalue weighted by molar-refractivity contribution is 5.30. The van der Waals surface area contributed by atoms with Gasteiger partial charge < -0.3 is 10.1 Å². The maximum absolute atomic E-state index is 5.73. The molecule has 1 saturated carbocycles. The second-order valence-electron chi connectivity index (χ2n) is 3.90. The molecule has 2 rings (SSSR count). The van der Waals surface area contributed by atoms with Crippen molar-refractivity contribution < 1.29 is 4.74 Å². The number of ether oxygens (including phenoxy) is 1. The van der Waals surface area contributed by atoms with E-state index < -0.39 is 0 Å². The second kappa shape index (κ2) is 4.01. The molecule has 1 N–H and O–H groups in total. The highest BCUT2D eigenvalue weighted by Crippen LogP contribution is 2.28. The van der Waals surface area contributed by atoms with Crippen molar-refractivity contribution in [2.75, 3.05) is 7.05 Å². The van der Waals surface area contributed by atoms with Crippen LogP contribution in [-0.4, -0.2) is 13.2 Å². The summed E-state index contributed by atoms with van der Waals surface area (Å²) in [6, 6.07) is 8.73. The smallest absolute Gasteiger partial charge is 0.120 e. The Morgan fingerprint density at radius 1 is 1.43 bits per heavy atom. The summed E-state index contributed by atoms with van der Waals surface area (Å²) >= 11 is 0. The zero-order chi connectivity index (χ0) is 9.97. The first-order valence-electron chi connectivity index (χ1n) is 5.23. The first-order valence-corrected chi connectivity index (χ1v) is 5.23. The molecule has 0 amide bonds. The van der Waals surface area contributed by atoms with E-state index in [1.807, 2.05) is 13.1 Å². The molecule has 0 aliphatic heterocycles. The number of nitrogens with one attached hydrogen (secondary N) is 1. The van der Waals surface area contributed by atoms with Gasteiger partial charge in [0, 0.05) is 6.04 Å². The standard InChI is InChI=1S/C12H17NO/c1-9(13-2)10-4-3-5-12(8-10)14-11-6-7-11/h3-5,8-9,11,13H,6-7H2,1-2H3/t9-/m1/s1. The average Bonchev–Trinajstić information content (AvgIpc) is 3.01. The van der Waals surface area contributed by atoms with Gasteiger partial charge in [-0.1, -0.05) is 12.1 Å². The van der Waals surface area contributed by atoms with Crippen LogP contribution < -0.4 is 10.1 Å². The van der Waals surface area contributed by atoms with Gasteiger partial charge >= 0.3 is 0 Å². The minimum atomic E-state index is 0.387. The van der Waals surface area contributed by atoms with Crippen LogP contribution in [0.3, 0.4) is 0 Å². The van der Waals surface area contributed by atoms with E-state index in [0.717, 1.165) is 5.75 Å². The Morgan fingerprint density at radius 2 is 2.21 bits per heavy atom. The van der Waals surface area contributed by atoms with Crippen molar-refractivity contribution in [2.24, 2.45) is 0 Å². The SMILES string of the molecule is CN[C@H](C)c1cccc(OC2CC2)c1. The van der Waals surface area contributed by atoms with Gasteiger partial charge in [-0.2, -0.15) is 0 Å². The van der Waals surface area contributed by atoms with Crippen molar-refractivity contribution in [1.82, 2.24) is 5.32 Å². The molecule has 2 heteroatoms. The first-order chi connectivity index (χ1) is 6.79. The maximum atomic E-state index is 5.73. The van der Waals surface area contributed by atoms with Gasteiger partial charge in [0.15, 0.2) is 0 Å². The molecule has 1 aromatic carbocycles. The molecule has 76 valence electrons. The largest absolute Gasteiger partial charge is 0.490 e. The number of rotatable bonds is 4. The van der Waals surface area contributed by atoms with Crippen LogP contribution in [0.4, 0.5) is 0 Å². The Hall–Kier alpha value is -1.02. The fourth-order valence-corrected chi connectivity index (χ4v) is 1.40. The number of hydrogen-bond acceptors (Lipinski definition) is 2. The molecule has 0 spiro atoms. The molecule has 1 atom stereocenters. The summed E-state index contributed by atoms with van der Waals surface area (Å²) in [5.41, 5.74) is 1.28. The molecule has 0 aromatic heterocycles. The molecule has 1 aliphatic rings. The summed E-state index contributed by atoms with van der Waals surface area (Å²) in [6.45, 7) is 2.15. The summed E-state index contributed by atoms with van der Waals surface area (Å²) in [7, 11) is 1.97. The van der Waals surface area contributed by atoms with Crippen molar-refractivity contribution in [3.63, 3.8) is 0 Å². The van der Waals surface area contributed by atoms with Gasteiger partial charge in [-0.05, 0) is 44.5 Å². The summed E-state index contributed by atoms with van der Waals surface area (Å²) in [4.78, 5) is 0. The molecule has 0 unspecified atom stereocenters. The van der Waals surface area contributed by atoms with Gasteiger partial charge in [-0.25, -0.2) is 0 Å². The van der Waals surface area contributed by atoms with E-state index in [-0.39, 0.29) is 0 Å². The topological polar surface area (TPSA) is 21.3 Å². The molecule has 0 heterocycles. The zero-order valence-electron chi connectivity index (χ0n) is 8.79. The summed E-state index contributed by atoms with van der Waals surface area (Å²) < 4.78 is 5.73. The van der Waals surface area contributed by atoms with Gasteiger partial charge in [0.2, 0.25) is 0 Å². The zero-order valence-corrected chi connectivity index (χ0v) is 8.79. The molecule has 14 heavy (non-hydrogen) atoms. The van der Waals surface area contributed by atoms with Crippen LogP contribution in [0.2, 0.25) is 0 Å². The Kier molecular flexibility index (Phi) is 2.73. The molecule has 1 aliphatic carbocycles. The second-order valence-corrected chi connectivity index (χ2v) is 3.90. The Balaban J connectivity index is 2.08. The van der Waals surface area contributed by atoms with Crippen molar-refractivity contribution in [1.29, 1.82) is 0 Å². The van der Waals surface area contributed by atoms with Gasteiger partial charge in [-0.3, -0.25) is 0 Å². The van der Waals surface area contributed by atoms with Crippen LogP contribution in [0, 0.1) is 0 Å². The lowest BCUT2D eigenvalue weighted by Crippen LogP contribution is -2.12. The minimum absolute atomic E-state index is 0.387. The Morgan fingerprint density at radius 3 is 2.86 bits per heavy atom. The molecule has 0 radical (unpaired) electrons. The molecule has 1 fully saturated rings. The van der Waals surface area contributed by atoms with Crippen LogP contribution in [0.1, 0.15) is 31.4 Å². The summed E-state index contributed by atoms with van der Waals surface area (Å²) in [6.07, 6.45) is 2.91. The van der Waals surface area contributed by atoms with Crippen molar-refractivity contribution in [3.8, 4) is 5.75 Å². The van der Waals surface area contributed by atoms with E-state index in [1.54, 1.807) is 0 Å². The molecule has 1 aromatic rings. The van der Waals surface area contributed by atoms with Crippen molar-refractivity contribution in [2.45, 2.75) is 31.9 Å². The Labute approximate surface area is 85.3 Å². The van der Waals surface area contributed by atoms with Crippen LogP contribution in [-0.2, 0) is 0 Å². The third kappa shape index (κ3) is 2.26. The number of benzene rings is 1. The third-order valence-electron chi connectivity index (χ3n) is 2.62. The Bertz CT molecular complexity index is 307. The average molecular weight is 191 g/mol. The minimum Gasteiger partial charge on any atom is -0.490 e. The van der Waals surface area contributed by atoms with E-state index >= 15 is 0 Å². The van der Waals surface area contributed by atoms with E-state index in [9.17, 15) is 0 Å². The van der Waals surface area contributed by atoms with Gasteiger partial charge in [0.25, 0.3) is 0 Å². The lowest BCUT2D eigenvalue weighted by Gasteiger charge is -2.12. The molecule has 0 bridgehead atoms. The number of hydrogen-bond donors (Lipinski definition) is 1. The lowest BCUT2D eigenvalue weighted by atomic mass is 10.1. The van der Waals surface area contributed by atoms with Crippen molar-refractivity contribution in [3.05, 3.63) is 29.8 Å². The van der Waals surface area contributed by atoms with Gasteiger partial charge in [0.1, 0.15) is 5.75 Å². The maximum Gasteiger partial charge on any atom is 0.120 e. The van der Waals surface area contributed by atoms with Crippen LogP contribution in [0.5, 0.6) is 5.75 Å². The lowest BCUT2D eigenvalue weighted by molar-refractivity contribution is 0.302. The predicted molar refractivity (Wildman–Crippen MR) is 57.6 cm³/mol. The molecule has 2 nitrogen and oxygen atoms in total. The van der Waals surface area contributed by atoms with Crippen LogP contribution in [0.25, 0.3) is 0 Å². The first kappa shape index (κ1) is 9.53. The third-order valence-corrected chi connectivity index (χ3v) is 2.62. The quantitative estimate of drug-likeness (QED) is 0.789. The van der Waals surface area contributed by atoms with Gasteiger partial charge in [-0.15, -0.1) is 0 Å². The molecule has 0 saturated heterocycles. The molecular formula is C12H17NO. The monoisotopic (exact) mass is 191 g/mol. The predicted octanol–water partition coefficient (Wildman–Crippen LogP) is 2.51. The van der Waals surface area contributed by atoms with Crippen LogP contribution in [0.15, 0.2) is 24.3 Å². The van der Waals surface area contributed by atoms with E-state index in [2.05, 4.69) is 30.4 Å². The highest BCUT2D eigenvalue weighted by atomic mass is 16.5. The fraction of sp³-hybridized carbons (Fsp3) is 0.500. The van der Waals surface area contributed by atoms with Gasteiger partial charge in [0.05, 0.1) is 6.10 Å². The van der Waals surface area contributed by atoms with E-state index in [4.69, 9.17) is 4.74 Å². The van der Waals surface area contributed by atoms with E-state index in [1.165, 1.54) is 18.4 Å². The van der Waals surface area contributed by atoms with Crippen molar-refractivity contribution >= 4 is 0 Å². The summed E-state index contributed by atoms with van der Waals surface area (Å²) in [5.74, 6) is 1.01.